The second-order valence-corrected chi connectivity index (χ2v) is 5.59. The minimum Gasteiger partial charge on any atom is -0.475 e. The van der Waals surface area contributed by atoms with Gasteiger partial charge in [0.1, 0.15) is 6.61 Å². The van der Waals surface area contributed by atoms with Crippen molar-refractivity contribution >= 4 is 17.6 Å². The normalized spacial score (nSPS) is 11.2. The first-order valence-corrected chi connectivity index (χ1v) is 8.36. The van der Waals surface area contributed by atoms with Crippen LogP contribution < -0.4 is 15.4 Å². The molecule has 7 heteroatoms. The van der Waals surface area contributed by atoms with Crippen molar-refractivity contribution in [1.82, 2.24) is 15.6 Å². The molecule has 2 aromatic rings. The van der Waals surface area contributed by atoms with Crippen molar-refractivity contribution < 1.29 is 9.47 Å². The Bertz CT molecular complexity index is 694. The Balaban J connectivity index is 1.89. The van der Waals surface area contributed by atoms with Crippen molar-refractivity contribution in [3.05, 3.63) is 58.7 Å². The van der Waals surface area contributed by atoms with Crippen LogP contribution in [0, 0.1) is 0 Å². The van der Waals surface area contributed by atoms with Gasteiger partial charge in [0.25, 0.3) is 0 Å². The molecule has 2 rings (SSSR count). The molecule has 1 aromatic heterocycles. The number of pyridine rings is 1. The maximum absolute atomic E-state index is 6.17. The van der Waals surface area contributed by atoms with Crippen LogP contribution in [0.4, 0.5) is 0 Å². The molecule has 1 aromatic carbocycles. The molecule has 6 nitrogen and oxygen atoms in total. The number of halogens is 1. The molecular formula is C18H23ClN4O2. The van der Waals surface area contributed by atoms with Gasteiger partial charge in [-0.2, -0.15) is 0 Å². The van der Waals surface area contributed by atoms with Crippen LogP contribution in [0.15, 0.2) is 47.6 Å². The van der Waals surface area contributed by atoms with Gasteiger partial charge < -0.3 is 20.1 Å². The molecule has 0 atom stereocenters. The van der Waals surface area contributed by atoms with Gasteiger partial charge in [0.2, 0.25) is 5.88 Å². The largest absolute Gasteiger partial charge is 0.475 e. The Labute approximate surface area is 153 Å². The molecule has 0 aliphatic carbocycles. The van der Waals surface area contributed by atoms with Crippen molar-refractivity contribution in [2.45, 2.75) is 13.1 Å². The summed E-state index contributed by atoms with van der Waals surface area (Å²) in [7, 11) is 3.36. The SMILES string of the molecule is CN=C(NCc1ccccc1Cl)NCc1cccnc1OCCOC. The van der Waals surface area contributed by atoms with Gasteiger partial charge >= 0.3 is 0 Å². The lowest BCUT2D eigenvalue weighted by Crippen LogP contribution is -2.36. The zero-order valence-corrected chi connectivity index (χ0v) is 15.2. The minimum absolute atomic E-state index is 0.458. The molecule has 0 spiro atoms. The molecule has 0 aliphatic rings. The predicted octanol–water partition coefficient (Wildman–Crippen LogP) is 2.63. The van der Waals surface area contributed by atoms with Crippen LogP contribution in [-0.2, 0) is 17.8 Å². The third kappa shape index (κ3) is 6.25. The molecular weight excluding hydrogens is 340 g/mol. The highest BCUT2D eigenvalue weighted by Gasteiger charge is 2.06. The summed E-state index contributed by atoms with van der Waals surface area (Å²) < 4.78 is 10.6. The van der Waals surface area contributed by atoms with Crippen LogP contribution in [0.3, 0.4) is 0 Å². The zero-order valence-electron chi connectivity index (χ0n) is 14.5. The number of rotatable bonds is 8. The fourth-order valence-electron chi connectivity index (χ4n) is 2.13. The average Bonchev–Trinajstić information content (AvgIpc) is 2.64. The van der Waals surface area contributed by atoms with E-state index in [-0.39, 0.29) is 0 Å². The van der Waals surface area contributed by atoms with Gasteiger partial charge in [0.05, 0.1) is 6.61 Å². The van der Waals surface area contributed by atoms with Crippen LogP contribution in [0.5, 0.6) is 5.88 Å². The Morgan fingerprint density at radius 2 is 1.80 bits per heavy atom. The number of ether oxygens (including phenoxy) is 2. The van der Waals surface area contributed by atoms with Crippen molar-refractivity contribution in [2.24, 2.45) is 4.99 Å². The van der Waals surface area contributed by atoms with Crippen LogP contribution in [0.2, 0.25) is 5.02 Å². The first kappa shape index (κ1) is 19.0. The number of hydrogen-bond acceptors (Lipinski definition) is 4. The molecule has 0 unspecified atom stereocenters. The Kier molecular flexibility index (Phi) is 8.01. The summed E-state index contributed by atoms with van der Waals surface area (Å²) in [5, 5.41) is 7.22. The first-order valence-electron chi connectivity index (χ1n) is 7.98. The third-order valence-corrected chi connectivity index (χ3v) is 3.82. The molecule has 1 heterocycles. The molecule has 25 heavy (non-hydrogen) atoms. The lowest BCUT2D eigenvalue weighted by Gasteiger charge is -2.14. The average molecular weight is 363 g/mol. The highest BCUT2D eigenvalue weighted by Crippen LogP contribution is 2.15. The van der Waals surface area contributed by atoms with E-state index in [1.165, 1.54) is 0 Å². The van der Waals surface area contributed by atoms with Crippen molar-refractivity contribution in [1.29, 1.82) is 0 Å². The maximum Gasteiger partial charge on any atom is 0.218 e. The molecule has 0 bridgehead atoms. The number of hydrogen-bond donors (Lipinski definition) is 2. The van der Waals surface area contributed by atoms with E-state index >= 15 is 0 Å². The molecule has 0 saturated carbocycles. The van der Waals surface area contributed by atoms with Crippen LogP contribution in [0.25, 0.3) is 0 Å². The van der Waals surface area contributed by atoms with Crippen LogP contribution in [0.1, 0.15) is 11.1 Å². The second-order valence-electron chi connectivity index (χ2n) is 5.18. The van der Waals surface area contributed by atoms with Gasteiger partial charge in [-0.05, 0) is 17.7 Å². The third-order valence-electron chi connectivity index (χ3n) is 3.45. The van der Waals surface area contributed by atoms with Crippen molar-refractivity contribution in [2.75, 3.05) is 27.4 Å². The highest BCUT2D eigenvalue weighted by molar-refractivity contribution is 6.31. The van der Waals surface area contributed by atoms with Gasteiger partial charge in [-0.3, -0.25) is 4.99 Å². The van der Waals surface area contributed by atoms with Crippen molar-refractivity contribution in [3.63, 3.8) is 0 Å². The summed E-state index contributed by atoms with van der Waals surface area (Å²) in [4.78, 5) is 8.49. The van der Waals surface area contributed by atoms with E-state index in [4.69, 9.17) is 21.1 Å². The number of nitrogens with zero attached hydrogens (tertiary/aromatic N) is 2. The predicted molar refractivity (Wildman–Crippen MR) is 100 cm³/mol. The van der Waals surface area contributed by atoms with Crippen LogP contribution >= 0.6 is 11.6 Å². The summed E-state index contributed by atoms with van der Waals surface area (Å²) >= 11 is 6.17. The summed E-state index contributed by atoms with van der Waals surface area (Å²) in [6.07, 6.45) is 1.70. The number of guanidine groups is 1. The highest BCUT2D eigenvalue weighted by atomic mass is 35.5. The smallest absolute Gasteiger partial charge is 0.218 e. The molecule has 0 fully saturated rings. The second kappa shape index (κ2) is 10.5. The maximum atomic E-state index is 6.17. The van der Waals surface area contributed by atoms with Gasteiger partial charge in [-0.15, -0.1) is 0 Å². The minimum atomic E-state index is 0.458. The molecule has 0 saturated heterocycles. The van der Waals surface area contributed by atoms with Gasteiger partial charge in [-0.25, -0.2) is 4.98 Å². The fraction of sp³-hybridized carbons (Fsp3) is 0.333. The molecule has 0 aliphatic heterocycles. The summed E-state index contributed by atoms with van der Waals surface area (Å²) in [6, 6.07) is 11.5. The van der Waals surface area contributed by atoms with Gasteiger partial charge in [0.15, 0.2) is 5.96 Å². The Morgan fingerprint density at radius 3 is 2.52 bits per heavy atom. The monoisotopic (exact) mass is 362 g/mol. The summed E-state index contributed by atoms with van der Waals surface area (Å²) in [5.74, 6) is 1.26. The lowest BCUT2D eigenvalue weighted by molar-refractivity contribution is 0.143. The Morgan fingerprint density at radius 1 is 1.08 bits per heavy atom. The number of methoxy groups -OCH3 is 1. The fourth-order valence-corrected chi connectivity index (χ4v) is 2.33. The molecule has 134 valence electrons. The topological polar surface area (TPSA) is 67.8 Å². The quantitative estimate of drug-likeness (QED) is 0.429. The van der Waals surface area contributed by atoms with E-state index in [1.54, 1.807) is 20.4 Å². The van der Waals surface area contributed by atoms with Crippen LogP contribution in [-0.4, -0.2) is 38.3 Å². The molecule has 0 amide bonds. The number of benzene rings is 1. The number of nitrogens with one attached hydrogen (secondary N) is 2. The summed E-state index contributed by atoms with van der Waals surface area (Å²) in [6.45, 7) is 2.10. The Hall–Kier alpha value is -2.31. The number of aromatic nitrogens is 1. The molecule has 0 radical (unpaired) electrons. The zero-order chi connectivity index (χ0) is 17.9. The standard InChI is InChI=1S/C18H23ClN4O2/c1-20-18(22-12-14-6-3-4-8-16(14)19)23-13-15-7-5-9-21-17(15)25-11-10-24-2/h3-9H,10-13H2,1-2H3,(H2,20,22,23). The lowest BCUT2D eigenvalue weighted by atomic mass is 10.2. The van der Waals surface area contributed by atoms with Gasteiger partial charge in [0, 0.05) is 44.0 Å². The van der Waals surface area contributed by atoms with E-state index in [9.17, 15) is 0 Å². The van der Waals surface area contributed by atoms with Gasteiger partial charge in [-0.1, -0.05) is 35.9 Å². The van der Waals surface area contributed by atoms with E-state index in [1.807, 2.05) is 36.4 Å². The van der Waals surface area contributed by atoms with E-state index in [2.05, 4.69) is 20.6 Å². The van der Waals surface area contributed by atoms with E-state index in [0.717, 1.165) is 16.1 Å². The van der Waals surface area contributed by atoms with Crippen molar-refractivity contribution in [3.8, 4) is 5.88 Å². The summed E-state index contributed by atoms with van der Waals surface area (Å²) in [5.41, 5.74) is 1.95. The van der Waals surface area contributed by atoms with E-state index < -0.39 is 0 Å². The first-order chi connectivity index (χ1) is 12.2. The van der Waals surface area contributed by atoms with E-state index in [0.29, 0.717) is 38.1 Å². The number of aliphatic imine (C=N–C) groups is 1. The molecule has 2 N–H and O–H groups in total.